The zero-order chi connectivity index (χ0) is 18.1. The van der Waals surface area contributed by atoms with Crippen LogP contribution < -0.4 is 0 Å². The summed E-state index contributed by atoms with van der Waals surface area (Å²) in [6.45, 7) is 5.70. The topological polar surface area (TPSA) is 59.3 Å². The van der Waals surface area contributed by atoms with Gasteiger partial charge in [-0.1, -0.05) is 55.1 Å². The van der Waals surface area contributed by atoms with Gasteiger partial charge in [0.25, 0.3) is 0 Å². The fourth-order valence-corrected chi connectivity index (χ4v) is 2.97. The monoisotopic (exact) mass is 353 g/mol. The van der Waals surface area contributed by atoms with Gasteiger partial charge in [0.15, 0.2) is 0 Å². The van der Waals surface area contributed by atoms with E-state index < -0.39 is 11.3 Å². The van der Waals surface area contributed by atoms with E-state index in [0.29, 0.717) is 22.2 Å². The number of rotatable bonds is 5. The van der Waals surface area contributed by atoms with Gasteiger partial charge in [-0.25, -0.2) is 4.79 Å². The van der Waals surface area contributed by atoms with E-state index in [1.54, 1.807) is 66.1 Å². The Morgan fingerprint density at radius 2 is 1.68 bits per heavy atom. The van der Waals surface area contributed by atoms with E-state index in [0.717, 1.165) is 0 Å². The second kappa shape index (κ2) is 6.57. The van der Waals surface area contributed by atoms with E-state index >= 15 is 0 Å². The maximum atomic E-state index is 13.1. The minimum absolute atomic E-state index is 0.0390. The van der Waals surface area contributed by atoms with Crippen molar-refractivity contribution < 1.29 is 14.7 Å². The summed E-state index contributed by atoms with van der Waals surface area (Å²) < 4.78 is 1.56. The minimum atomic E-state index is -1.16. The Balaban J connectivity index is 2.41. The number of hydrogen-bond donors (Lipinski definition) is 1. The first-order valence-corrected chi connectivity index (χ1v) is 8.16. The molecule has 3 aromatic rings. The highest BCUT2D eigenvalue weighted by atomic mass is 35.5. The van der Waals surface area contributed by atoms with Crippen LogP contribution in [0.15, 0.2) is 61.2 Å². The third-order valence-electron chi connectivity index (χ3n) is 4.09. The zero-order valence-corrected chi connectivity index (χ0v) is 14.3. The quantitative estimate of drug-likeness (QED) is 0.535. The molecule has 1 N–H and O–H groups in total. The molecular weight excluding hydrogens is 338 g/mol. The van der Waals surface area contributed by atoms with Crippen LogP contribution in [0.1, 0.15) is 33.3 Å². The van der Waals surface area contributed by atoms with Crippen molar-refractivity contribution in [2.45, 2.75) is 12.3 Å². The number of aromatic carboxylic acids is 1. The van der Waals surface area contributed by atoms with Crippen LogP contribution in [0.3, 0.4) is 0 Å². The smallest absolute Gasteiger partial charge is 0.338 e. The molecule has 0 radical (unpaired) electrons. The normalized spacial score (nSPS) is 12.1. The van der Waals surface area contributed by atoms with Crippen LogP contribution in [-0.2, 0) is 0 Å². The molecule has 4 nitrogen and oxygen atoms in total. The molecule has 0 saturated carbocycles. The number of carboxylic acid groups (broad SMARTS) is 1. The second-order valence-corrected chi connectivity index (χ2v) is 6.34. The van der Waals surface area contributed by atoms with Crippen LogP contribution in [0.5, 0.6) is 0 Å². The molecule has 1 aromatic heterocycles. The van der Waals surface area contributed by atoms with Gasteiger partial charge in [-0.15, -0.1) is 11.6 Å². The van der Waals surface area contributed by atoms with Gasteiger partial charge in [0.1, 0.15) is 5.69 Å². The van der Waals surface area contributed by atoms with Crippen molar-refractivity contribution in [2.24, 2.45) is 0 Å². The summed E-state index contributed by atoms with van der Waals surface area (Å²) in [5, 5.41) is 9.77. The molecule has 126 valence electrons. The van der Waals surface area contributed by atoms with Crippen LogP contribution in [-0.4, -0.2) is 26.8 Å². The Bertz CT molecular complexity index is 987. The van der Waals surface area contributed by atoms with Crippen LogP contribution in [0, 0.1) is 0 Å². The van der Waals surface area contributed by atoms with Crippen molar-refractivity contribution in [2.75, 3.05) is 0 Å². The van der Waals surface area contributed by atoms with Crippen LogP contribution in [0.25, 0.3) is 16.6 Å². The summed E-state index contributed by atoms with van der Waals surface area (Å²) in [5.74, 6) is -1.54. The Kier molecular flexibility index (Phi) is 4.47. The van der Waals surface area contributed by atoms with E-state index in [1.165, 1.54) is 0 Å². The van der Waals surface area contributed by atoms with Crippen LogP contribution >= 0.6 is 11.6 Å². The second-order valence-electron chi connectivity index (χ2n) is 5.68. The molecule has 0 bridgehead atoms. The third-order valence-corrected chi connectivity index (χ3v) is 4.34. The molecule has 0 spiro atoms. The molecule has 1 unspecified atom stereocenters. The number of carbonyl (C=O) groups excluding carboxylic acids is 1. The number of benzene rings is 2. The molecule has 0 amide bonds. The Hall–Kier alpha value is -2.85. The SMILES string of the molecule is C=C(C(C)Cl)n1c(C(=O)c2ccccc2)c(C(=O)O)c2ccccc21. The number of carboxylic acids is 1. The van der Waals surface area contributed by atoms with Crippen molar-refractivity contribution in [3.8, 4) is 0 Å². The van der Waals surface area contributed by atoms with Gasteiger partial charge in [-0.2, -0.15) is 0 Å². The van der Waals surface area contributed by atoms with Gasteiger partial charge in [-0.3, -0.25) is 4.79 Å². The molecular formula is C20H16ClNO3. The average molecular weight is 354 g/mol. The summed E-state index contributed by atoms with van der Waals surface area (Å²) in [6, 6.07) is 15.5. The summed E-state index contributed by atoms with van der Waals surface area (Å²) in [7, 11) is 0. The lowest BCUT2D eigenvalue weighted by molar-refractivity contribution is 0.0694. The number of nitrogens with zero attached hydrogens (tertiary/aromatic N) is 1. The number of carbonyl (C=O) groups is 2. The fraction of sp³-hybridized carbons (Fsp3) is 0.100. The summed E-state index contributed by atoms with van der Waals surface area (Å²) in [4.78, 5) is 25.1. The predicted molar refractivity (Wildman–Crippen MR) is 99.4 cm³/mol. The maximum absolute atomic E-state index is 13.1. The molecule has 1 heterocycles. The number of halogens is 1. The lowest BCUT2D eigenvalue weighted by Crippen LogP contribution is -2.16. The molecule has 0 fully saturated rings. The predicted octanol–water partition coefficient (Wildman–Crippen LogP) is 4.67. The molecule has 0 aliphatic rings. The third kappa shape index (κ3) is 2.85. The summed E-state index contributed by atoms with van der Waals surface area (Å²) in [5.41, 5.74) is 1.48. The molecule has 0 saturated heterocycles. The summed E-state index contributed by atoms with van der Waals surface area (Å²) in [6.07, 6.45) is 0. The number of fused-ring (bicyclic) bond motifs is 1. The van der Waals surface area contributed by atoms with Crippen molar-refractivity contribution in [1.82, 2.24) is 4.57 Å². The van der Waals surface area contributed by atoms with Gasteiger partial charge in [0.05, 0.1) is 16.5 Å². The highest BCUT2D eigenvalue weighted by Gasteiger charge is 2.29. The standard InChI is InChI=1S/C20H16ClNO3/c1-12(21)13(2)22-16-11-7-6-10-15(16)17(20(24)25)18(22)19(23)14-8-4-3-5-9-14/h3-12H,2H2,1H3,(H,24,25). The molecule has 3 rings (SSSR count). The minimum Gasteiger partial charge on any atom is -0.478 e. The molecule has 0 aliphatic heterocycles. The van der Waals surface area contributed by atoms with Crippen LogP contribution in [0.2, 0.25) is 0 Å². The average Bonchev–Trinajstić information content (AvgIpc) is 2.96. The molecule has 1 atom stereocenters. The molecule has 5 heteroatoms. The van der Waals surface area contributed by atoms with Gasteiger partial charge in [0.2, 0.25) is 5.78 Å². The van der Waals surface area contributed by atoms with Gasteiger partial charge < -0.3 is 9.67 Å². The van der Waals surface area contributed by atoms with Crippen LogP contribution in [0.4, 0.5) is 0 Å². The van der Waals surface area contributed by atoms with Crippen molar-refractivity contribution in [1.29, 1.82) is 0 Å². The molecule has 0 aliphatic carbocycles. The lowest BCUT2D eigenvalue weighted by Gasteiger charge is -2.15. The zero-order valence-electron chi connectivity index (χ0n) is 13.6. The number of aromatic nitrogens is 1. The number of allylic oxidation sites excluding steroid dienone is 1. The van der Waals surface area contributed by atoms with E-state index in [9.17, 15) is 14.7 Å². The Morgan fingerprint density at radius 1 is 1.08 bits per heavy atom. The highest BCUT2D eigenvalue weighted by molar-refractivity contribution is 6.26. The number of alkyl halides is 1. The number of para-hydroxylation sites is 1. The van der Waals surface area contributed by atoms with E-state index in [4.69, 9.17) is 11.6 Å². The Labute approximate surface area is 150 Å². The largest absolute Gasteiger partial charge is 0.478 e. The van der Waals surface area contributed by atoms with Crippen molar-refractivity contribution >= 4 is 40.0 Å². The molecule has 2 aromatic carbocycles. The summed E-state index contributed by atoms with van der Waals surface area (Å²) >= 11 is 6.20. The number of hydrogen-bond acceptors (Lipinski definition) is 2. The number of ketones is 1. The van der Waals surface area contributed by atoms with Gasteiger partial charge in [0, 0.05) is 16.6 Å². The fourth-order valence-electron chi connectivity index (χ4n) is 2.87. The van der Waals surface area contributed by atoms with Gasteiger partial charge >= 0.3 is 5.97 Å². The maximum Gasteiger partial charge on any atom is 0.338 e. The first-order valence-electron chi connectivity index (χ1n) is 7.73. The van der Waals surface area contributed by atoms with E-state index in [-0.39, 0.29) is 17.0 Å². The first kappa shape index (κ1) is 17.0. The van der Waals surface area contributed by atoms with Crippen molar-refractivity contribution in [3.05, 3.63) is 78.0 Å². The van der Waals surface area contributed by atoms with Gasteiger partial charge in [-0.05, 0) is 13.0 Å². The highest BCUT2D eigenvalue weighted by Crippen LogP contribution is 2.32. The van der Waals surface area contributed by atoms with E-state index in [2.05, 4.69) is 6.58 Å². The van der Waals surface area contributed by atoms with E-state index in [1.807, 2.05) is 0 Å². The first-order chi connectivity index (χ1) is 11.9. The molecule has 25 heavy (non-hydrogen) atoms. The van der Waals surface area contributed by atoms with Crippen molar-refractivity contribution in [3.63, 3.8) is 0 Å². The lowest BCUT2D eigenvalue weighted by atomic mass is 10.0. The Morgan fingerprint density at radius 3 is 2.28 bits per heavy atom.